The van der Waals surface area contributed by atoms with Gasteiger partial charge in [-0.25, -0.2) is 8.42 Å². The molecule has 0 saturated heterocycles. The minimum absolute atomic E-state index is 0.0439. The van der Waals surface area contributed by atoms with Gasteiger partial charge < -0.3 is 9.35 Å². The van der Waals surface area contributed by atoms with Crippen molar-refractivity contribution in [1.82, 2.24) is 0 Å². The first kappa shape index (κ1) is 22.8. The number of ketones is 1. The summed E-state index contributed by atoms with van der Waals surface area (Å²) in [5.74, 6) is 0.0439. The summed E-state index contributed by atoms with van der Waals surface area (Å²) < 4.78 is 58.9. The van der Waals surface area contributed by atoms with E-state index >= 15 is 0 Å². The zero-order valence-electron chi connectivity index (χ0n) is 11.6. The third kappa shape index (κ3) is 8.07. The van der Waals surface area contributed by atoms with Crippen molar-refractivity contribution in [1.29, 1.82) is 0 Å². The van der Waals surface area contributed by atoms with Crippen molar-refractivity contribution >= 4 is 30.0 Å². The topological polar surface area (TPSA) is 74.3 Å². The molecule has 0 unspecified atom stereocenters. The predicted molar refractivity (Wildman–Crippen MR) is 79.8 cm³/mol. The third-order valence-electron chi connectivity index (χ3n) is 2.29. The fraction of sp³-hybridized carbons (Fsp3) is 0.0714. The molecule has 0 saturated carbocycles. The second kappa shape index (κ2) is 10.6. The van der Waals surface area contributed by atoms with Gasteiger partial charge in [0.1, 0.15) is 5.78 Å². The quantitative estimate of drug-likeness (QED) is 0.220. The van der Waals surface area contributed by atoms with Crippen LogP contribution in [0.2, 0.25) is 0 Å². The molecule has 0 bridgehead atoms. The molecule has 0 atom stereocenters. The van der Waals surface area contributed by atoms with E-state index in [-0.39, 0.29) is 5.78 Å². The summed E-state index contributed by atoms with van der Waals surface area (Å²) in [5.41, 5.74) is -4.25. The zero-order valence-corrected chi connectivity index (χ0v) is 14.9. The molecule has 4 nitrogen and oxygen atoms in total. The van der Waals surface area contributed by atoms with Gasteiger partial charge in [-0.05, 0) is 0 Å². The number of halogens is 4. The predicted octanol–water partition coefficient (Wildman–Crippen LogP) is 3.61. The summed E-state index contributed by atoms with van der Waals surface area (Å²) in [4.78, 5) is 11.8. The normalized spacial score (nSPS) is 10.6. The van der Waals surface area contributed by atoms with Gasteiger partial charge >= 0.3 is 33.8 Å². The zero-order chi connectivity index (χ0) is 18.8. The Balaban J connectivity index is 0.000000456. The molecule has 2 aromatic rings. The van der Waals surface area contributed by atoms with Crippen LogP contribution < -0.4 is 0 Å². The molecule has 0 aliphatic heterocycles. The van der Waals surface area contributed by atoms with Gasteiger partial charge in [-0.15, -0.1) is 0 Å². The summed E-state index contributed by atoms with van der Waals surface area (Å²) in [7, 11) is -6.09. The molecule has 0 fully saturated rings. The standard InChI is InChI=1S/C13H9O.CHF3O3S.BrH.Cu/c14-13(11-7-3-1-4-8-11)12-9-5-2-6-10-12;2-1(3,4)8(5,6)7;;/h1-5,7-10H;(H,5,6,7);1H;/q-1;;;+2/p-2. The van der Waals surface area contributed by atoms with Crippen molar-refractivity contribution in [3.05, 3.63) is 71.8 Å². The Kier molecular flexibility index (Phi) is 10.1. The van der Waals surface area contributed by atoms with E-state index < -0.39 is 15.6 Å². The molecule has 2 rings (SSSR count). The van der Waals surface area contributed by atoms with Crippen molar-refractivity contribution < 1.29 is 45.1 Å². The fourth-order valence-corrected chi connectivity index (χ4v) is 1.29. The molecule has 2 aromatic carbocycles. The number of hydrogen-bond donors (Lipinski definition) is 0. The molecule has 135 valence electrons. The van der Waals surface area contributed by atoms with Crippen LogP contribution in [0, 0.1) is 6.07 Å². The van der Waals surface area contributed by atoms with Gasteiger partial charge in [0.25, 0.3) is 0 Å². The van der Waals surface area contributed by atoms with Crippen molar-refractivity contribution in [2.24, 2.45) is 0 Å². The molecule has 0 aromatic heterocycles. The van der Waals surface area contributed by atoms with Gasteiger partial charge in [0.05, 0.1) is 0 Å². The van der Waals surface area contributed by atoms with Crippen LogP contribution in [0.1, 0.15) is 15.9 Å². The molecular weight excluding hydrogens is 465 g/mol. The van der Waals surface area contributed by atoms with E-state index in [2.05, 4.69) is 34.4 Å². The Morgan fingerprint density at radius 2 is 1.50 bits per heavy atom. The Morgan fingerprint density at radius 1 is 1.04 bits per heavy atom. The van der Waals surface area contributed by atoms with Gasteiger partial charge in [0, 0.05) is 5.56 Å². The first-order valence-corrected chi connectivity index (χ1v) is 9.56. The monoisotopic (exact) mass is 472 g/mol. The van der Waals surface area contributed by atoms with Crippen LogP contribution >= 0.6 is 14.1 Å². The van der Waals surface area contributed by atoms with E-state index in [9.17, 15) is 18.0 Å². The van der Waals surface area contributed by atoms with Gasteiger partial charge in [-0.1, -0.05) is 35.9 Å². The fourth-order valence-electron chi connectivity index (χ4n) is 1.29. The van der Waals surface area contributed by atoms with E-state index in [1.54, 1.807) is 18.2 Å². The van der Waals surface area contributed by atoms with Gasteiger partial charge in [0.15, 0.2) is 10.1 Å². The SMILES string of the molecule is O=C(c1c[c-]ccc1)c1ccccc1.O=S(=O)([O-])C(F)(F)F.[Cu+][Br]. The summed E-state index contributed by atoms with van der Waals surface area (Å²) in [6, 6.07) is 19.2. The molecule has 0 N–H and O–H groups in total. The number of alkyl halides is 3. The number of rotatable bonds is 2. The second-order valence-electron chi connectivity index (χ2n) is 3.89. The van der Waals surface area contributed by atoms with Crippen LogP contribution in [0.4, 0.5) is 13.2 Å². The summed E-state index contributed by atoms with van der Waals surface area (Å²) >= 11 is 6.50. The Hall–Kier alpha value is -1.19. The van der Waals surface area contributed by atoms with E-state index in [0.29, 0.717) is 11.1 Å². The van der Waals surface area contributed by atoms with Crippen LogP contribution in [-0.2, 0) is 24.3 Å². The Morgan fingerprint density at radius 3 is 1.88 bits per heavy atom. The number of carbonyl (C=O) groups is 1. The van der Waals surface area contributed by atoms with E-state index in [4.69, 9.17) is 13.0 Å². The van der Waals surface area contributed by atoms with Crippen molar-refractivity contribution in [3.8, 4) is 0 Å². The molecule has 0 amide bonds. The number of hydrogen-bond acceptors (Lipinski definition) is 4. The molecule has 0 aliphatic rings. The Labute approximate surface area is 152 Å². The number of benzene rings is 2. The average Bonchev–Trinajstić information content (AvgIpc) is 2.56. The molecular formula is C14H9BrCuF3O4S-. The first-order chi connectivity index (χ1) is 11.1. The van der Waals surface area contributed by atoms with Gasteiger partial charge in [-0.2, -0.15) is 43.5 Å². The molecule has 0 spiro atoms. The van der Waals surface area contributed by atoms with Crippen molar-refractivity contribution in [3.63, 3.8) is 0 Å². The van der Waals surface area contributed by atoms with Crippen molar-refractivity contribution in [2.75, 3.05) is 0 Å². The van der Waals surface area contributed by atoms with E-state index in [0.717, 1.165) is 0 Å². The van der Waals surface area contributed by atoms with Crippen LogP contribution in [-0.4, -0.2) is 24.3 Å². The van der Waals surface area contributed by atoms with Crippen molar-refractivity contribution in [2.45, 2.75) is 5.51 Å². The number of carbonyl (C=O) groups excluding carboxylic acids is 1. The van der Waals surface area contributed by atoms with Crippen LogP contribution in [0.3, 0.4) is 0 Å². The van der Waals surface area contributed by atoms with Gasteiger partial charge in [0.2, 0.25) is 0 Å². The third-order valence-corrected chi connectivity index (χ3v) is 2.86. The minimum atomic E-state index is -6.09. The molecule has 0 heterocycles. The maximum atomic E-state index is 11.8. The van der Waals surface area contributed by atoms with Gasteiger partial charge in [-0.3, -0.25) is 0 Å². The molecule has 24 heavy (non-hydrogen) atoms. The molecule has 0 aliphatic carbocycles. The van der Waals surface area contributed by atoms with Crippen LogP contribution in [0.25, 0.3) is 0 Å². The maximum absolute atomic E-state index is 11.8. The first-order valence-electron chi connectivity index (χ1n) is 5.82. The second-order valence-corrected chi connectivity index (χ2v) is 5.26. The average molecular weight is 474 g/mol. The van der Waals surface area contributed by atoms with Crippen LogP contribution in [0.5, 0.6) is 0 Å². The molecule has 0 radical (unpaired) electrons. The summed E-state index contributed by atoms with van der Waals surface area (Å²) in [5, 5.41) is 0. The van der Waals surface area contributed by atoms with E-state index in [1.807, 2.05) is 36.4 Å². The molecule has 10 heteroatoms. The Bertz CT molecular complexity index is 681. The summed E-state index contributed by atoms with van der Waals surface area (Å²) in [6.07, 6.45) is 0. The van der Waals surface area contributed by atoms with E-state index in [1.165, 1.54) is 0 Å². The summed E-state index contributed by atoms with van der Waals surface area (Å²) in [6.45, 7) is 0. The van der Waals surface area contributed by atoms with Crippen LogP contribution in [0.15, 0.2) is 54.6 Å².